The van der Waals surface area contributed by atoms with Crippen molar-refractivity contribution in [3.05, 3.63) is 29.8 Å². The van der Waals surface area contributed by atoms with E-state index in [1.54, 1.807) is 7.11 Å². The molecule has 0 aliphatic carbocycles. The van der Waals surface area contributed by atoms with E-state index in [9.17, 15) is 0 Å². The number of methoxy groups -OCH3 is 1. The monoisotopic (exact) mass is 249 g/mol. The van der Waals surface area contributed by atoms with Gasteiger partial charge in [0.05, 0.1) is 13.2 Å². The highest BCUT2D eigenvalue weighted by atomic mass is 16.5. The third kappa shape index (κ3) is 3.47. The molecule has 2 atom stereocenters. The molecule has 3 nitrogen and oxygen atoms in total. The zero-order valence-corrected chi connectivity index (χ0v) is 11.3. The van der Waals surface area contributed by atoms with Crippen molar-refractivity contribution >= 4 is 0 Å². The Morgan fingerprint density at radius 1 is 1.50 bits per heavy atom. The van der Waals surface area contributed by atoms with Gasteiger partial charge in [0.2, 0.25) is 0 Å². The summed E-state index contributed by atoms with van der Waals surface area (Å²) in [6.07, 6.45) is 5.13. The quantitative estimate of drug-likeness (QED) is 0.841. The van der Waals surface area contributed by atoms with Crippen LogP contribution in [-0.4, -0.2) is 26.9 Å². The number of hydrogen-bond donors (Lipinski definition) is 1. The smallest absolute Gasteiger partial charge is 0.119 e. The predicted octanol–water partition coefficient (Wildman–Crippen LogP) is 2.91. The Morgan fingerprint density at radius 2 is 2.39 bits per heavy atom. The first kappa shape index (κ1) is 13.4. The normalized spacial score (nSPS) is 20.9. The van der Waals surface area contributed by atoms with Crippen molar-refractivity contribution in [2.75, 3.05) is 20.8 Å². The fourth-order valence-electron chi connectivity index (χ4n) is 2.56. The van der Waals surface area contributed by atoms with Crippen LogP contribution in [0.4, 0.5) is 0 Å². The third-order valence-electron chi connectivity index (χ3n) is 3.65. The van der Waals surface area contributed by atoms with Crippen LogP contribution in [0.3, 0.4) is 0 Å². The van der Waals surface area contributed by atoms with E-state index >= 15 is 0 Å². The molecule has 1 aromatic carbocycles. The highest BCUT2D eigenvalue weighted by Gasteiger charge is 2.18. The molecule has 1 aromatic rings. The van der Waals surface area contributed by atoms with Gasteiger partial charge in [-0.2, -0.15) is 0 Å². The molecule has 1 heterocycles. The number of ether oxygens (including phenoxy) is 2. The summed E-state index contributed by atoms with van der Waals surface area (Å²) in [6.45, 7) is 0.939. The van der Waals surface area contributed by atoms with Gasteiger partial charge in [-0.1, -0.05) is 12.1 Å². The molecule has 0 amide bonds. The van der Waals surface area contributed by atoms with Gasteiger partial charge in [0.15, 0.2) is 0 Å². The van der Waals surface area contributed by atoms with Gasteiger partial charge in [0.25, 0.3) is 0 Å². The van der Waals surface area contributed by atoms with Gasteiger partial charge in [0.1, 0.15) is 5.75 Å². The fraction of sp³-hybridized carbons (Fsp3) is 0.600. The van der Waals surface area contributed by atoms with Gasteiger partial charge < -0.3 is 14.8 Å². The molecule has 0 spiro atoms. The standard InChI is InChI=1S/C15H23NO2/c1-16-15(9-8-13-7-4-10-18-13)12-5-3-6-14(11-12)17-2/h3,5-6,11,13,15-16H,4,7-10H2,1-2H3. The number of benzene rings is 1. The van der Waals surface area contributed by atoms with Crippen LogP contribution in [0.2, 0.25) is 0 Å². The van der Waals surface area contributed by atoms with E-state index in [2.05, 4.69) is 17.4 Å². The maximum atomic E-state index is 5.68. The summed E-state index contributed by atoms with van der Waals surface area (Å²) in [7, 11) is 3.72. The fourth-order valence-corrected chi connectivity index (χ4v) is 2.56. The molecule has 18 heavy (non-hydrogen) atoms. The van der Waals surface area contributed by atoms with Crippen LogP contribution in [0.25, 0.3) is 0 Å². The number of nitrogens with one attached hydrogen (secondary N) is 1. The van der Waals surface area contributed by atoms with Crippen molar-refractivity contribution in [2.45, 2.75) is 37.8 Å². The van der Waals surface area contributed by atoms with Crippen LogP contribution in [0.1, 0.15) is 37.3 Å². The molecule has 100 valence electrons. The summed E-state index contributed by atoms with van der Waals surface area (Å²) in [5.74, 6) is 0.921. The second-order valence-corrected chi connectivity index (χ2v) is 4.83. The molecule has 1 saturated heterocycles. The van der Waals surface area contributed by atoms with Crippen LogP contribution in [-0.2, 0) is 4.74 Å². The van der Waals surface area contributed by atoms with Crippen molar-refractivity contribution in [1.29, 1.82) is 0 Å². The maximum absolute atomic E-state index is 5.68. The highest BCUT2D eigenvalue weighted by molar-refractivity contribution is 5.30. The Labute approximate surface area is 109 Å². The van der Waals surface area contributed by atoms with Gasteiger partial charge >= 0.3 is 0 Å². The van der Waals surface area contributed by atoms with E-state index in [-0.39, 0.29) is 0 Å². The first-order valence-electron chi connectivity index (χ1n) is 6.76. The molecule has 1 N–H and O–H groups in total. The van der Waals surface area contributed by atoms with Crippen LogP contribution in [0.5, 0.6) is 5.75 Å². The van der Waals surface area contributed by atoms with Gasteiger partial charge in [-0.25, -0.2) is 0 Å². The van der Waals surface area contributed by atoms with Crippen molar-refractivity contribution in [3.8, 4) is 5.75 Å². The average molecular weight is 249 g/mol. The van der Waals surface area contributed by atoms with Crippen molar-refractivity contribution in [3.63, 3.8) is 0 Å². The number of hydrogen-bond acceptors (Lipinski definition) is 3. The van der Waals surface area contributed by atoms with E-state index in [0.29, 0.717) is 12.1 Å². The maximum Gasteiger partial charge on any atom is 0.119 e. The minimum Gasteiger partial charge on any atom is -0.497 e. The molecule has 3 heteroatoms. The summed E-state index contributed by atoms with van der Waals surface area (Å²) >= 11 is 0. The molecule has 0 bridgehead atoms. The molecule has 2 rings (SSSR count). The van der Waals surface area contributed by atoms with Crippen molar-refractivity contribution in [1.82, 2.24) is 5.32 Å². The molecule has 0 aromatic heterocycles. The number of rotatable bonds is 6. The van der Waals surface area contributed by atoms with E-state index in [1.165, 1.54) is 18.4 Å². The summed E-state index contributed by atoms with van der Waals surface area (Å²) in [5.41, 5.74) is 1.29. The first-order chi connectivity index (χ1) is 8.83. The summed E-state index contributed by atoms with van der Waals surface area (Å²) in [6, 6.07) is 8.67. The Balaban J connectivity index is 1.93. The molecule has 0 radical (unpaired) electrons. The lowest BCUT2D eigenvalue weighted by molar-refractivity contribution is 0.0998. The molecular weight excluding hydrogens is 226 g/mol. The lowest BCUT2D eigenvalue weighted by atomic mass is 9.99. The molecule has 1 aliphatic heterocycles. The SMILES string of the molecule is CNC(CCC1CCCO1)c1cccc(OC)c1. The lowest BCUT2D eigenvalue weighted by Crippen LogP contribution is -2.18. The third-order valence-corrected chi connectivity index (χ3v) is 3.65. The van der Waals surface area contributed by atoms with Gasteiger partial charge in [-0.3, -0.25) is 0 Å². The summed E-state index contributed by atoms with van der Waals surface area (Å²) in [4.78, 5) is 0. The van der Waals surface area contributed by atoms with Crippen molar-refractivity contribution in [2.24, 2.45) is 0 Å². The zero-order valence-electron chi connectivity index (χ0n) is 11.3. The van der Waals surface area contributed by atoms with Gasteiger partial charge in [0, 0.05) is 12.6 Å². The van der Waals surface area contributed by atoms with Crippen LogP contribution in [0, 0.1) is 0 Å². The Bertz CT molecular complexity index is 361. The lowest BCUT2D eigenvalue weighted by Gasteiger charge is -2.19. The molecule has 2 unspecified atom stereocenters. The molecule has 1 fully saturated rings. The van der Waals surface area contributed by atoms with E-state index in [4.69, 9.17) is 9.47 Å². The predicted molar refractivity (Wildman–Crippen MR) is 73.0 cm³/mol. The zero-order chi connectivity index (χ0) is 12.8. The van der Waals surface area contributed by atoms with E-state index < -0.39 is 0 Å². The van der Waals surface area contributed by atoms with Gasteiger partial charge in [-0.15, -0.1) is 0 Å². The first-order valence-corrected chi connectivity index (χ1v) is 6.76. The van der Waals surface area contributed by atoms with E-state index in [0.717, 1.165) is 25.2 Å². The minimum atomic E-state index is 0.379. The van der Waals surface area contributed by atoms with Crippen LogP contribution >= 0.6 is 0 Å². The van der Waals surface area contributed by atoms with Gasteiger partial charge in [-0.05, 0) is 50.4 Å². The van der Waals surface area contributed by atoms with E-state index in [1.807, 2.05) is 19.2 Å². The highest BCUT2D eigenvalue weighted by Crippen LogP contribution is 2.25. The summed E-state index contributed by atoms with van der Waals surface area (Å²) < 4.78 is 11.0. The van der Waals surface area contributed by atoms with Crippen LogP contribution < -0.4 is 10.1 Å². The largest absolute Gasteiger partial charge is 0.497 e. The van der Waals surface area contributed by atoms with Crippen LogP contribution in [0.15, 0.2) is 24.3 Å². The molecule has 1 aliphatic rings. The average Bonchev–Trinajstić information content (AvgIpc) is 2.93. The second kappa shape index (κ2) is 6.76. The molecular formula is C15H23NO2. The second-order valence-electron chi connectivity index (χ2n) is 4.83. The Kier molecular flexibility index (Phi) is 5.02. The summed E-state index contributed by atoms with van der Waals surface area (Å²) in [5, 5.41) is 3.38. The molecule has 0 saturated carbocycles. The topological polar surface area (TPSA) is 30.5 Å². The Hall–Kier alpha value is -1.06. The Morgan fingerprint density at radius 3 is 3.06 bits per heavy atom. The van der Waals surface area contributed by atoms with Crippen molar-refractivity contribution < 1.29 is 9.47 Å². The minimum absolute atomic E-state index is 0.379.